The zero-order chi connectivity index (χ0) is 24.5. The fourth-order valence-electron chi connectivity index (χ4n) is 5.72. The number of carbonyl (C=O) groups excluding carboxylic acids is 2. The van der Waals surface area contributed by atoms with E-state index in [2.05, 4.69) is 4.98 Å². The van der Waals surface area contributed by atoms with Gasteiger partial charge in [-0.2, -0.15) is 0 Å². The average molecular weight is 487 g/mol. The number of ether oxygens (including phenoxy) is 3. The van der Waals surface area contributed by atoms with Crippen LogP contribution < -0.4 is 0 Å². The molecule has 2 fully saturated rings. The average Bonchev–Trinajstić information content (AvgIpc) is 3.49. The van der Waals surface area contributed by atoms with Gasteiger partial charge in [0.2, 0.25) is 0 Å². The van der Waals surface area contributed by atoms with E-state index in [-0.39, 0.29) is 11.9 Å². The zero-order valence-corrected chi connectivity index (χ0v) is 19.8. The van der Waals surface area contributed by atoms with Crippen molar-refractivity contribution in [2.24, 2.45) is 5.92 Å². The van der Waals surface area contributed by atoms with Gasteiger partial charge in [-0.25, -0.2) is 9.18 Å². The standard InChI is InChI=1S/C25H31FN4O5/c1-33-24(32)19-13-17-16-5-2-3-6-18(16)28-22(17)23(15-8-11-34-12-9-15)30(19)21(31)14-35-25(27)29-10-4-7-20(29)26/h2-3,5-6,15,19-20,23,27-28H,4,7-14H2,1H3/t19-,20-,23+/m1/s1. The Hall–Kier alpha value is -3.14. The Morgan fingerprint density at radius 3 is 2.71 bits per heavy atom. The minimum atomic E-state index is -1.28. The summed E-state index contributed by atoms with van der Waals surface area (Å²) in [7, 11) is 1.32. The van der Waals surface area contributed by atoms with Crippen LogP contribution >= 0.6 is 0 Å². The minimum absolute atomic E-state index is 0.0697. The maximum atomic E-state index is 14.0. The first-order chi connectivity index (χ1) is 17.0. The van der Waals surface area contributed by atoms with E-state index in [9.17, 15) is 14.0 Å². The van der Waals surface area contributed by atoms with Gasteiger partial charge in [0.15, 0.2) is 12.9 Å². The largest absolute Gasteiger partial charge is 0.467 e. The molecule has 3 aliphatic heterocycles. The topological polar surface area (TPSA) is 108 Å². The number of alkyl halides is 1. The molecule has 1 aromatic heterocycles. The van der Waals surface area contributed by atoms with Crippen molar-refractivity contribution >= 4 is 28.8 Å². The Labute approximate surface area is 203 Å². The van der Waals surface area contributed by atoms with Crippen molar-refractivity contribution in [2.75, 3.05) is 33.5 Å². The molecule has 1 amide bonds. The highest BCUT2D eigenvalue weighted by Crippen LogP contribution is 2.44. The molecule has 188 valence electrons. The maximum absolute atomic E-state index is 14.0. The Morgan fingerprint density at radius 1 is 1.23 bits per heavy atom. The first-order valence-corrected chi connectivity index (χ1v) is 12.2. The predicted molar refractivity (Wildman–Crippen MR) is 125 cm³/mol. The number of rotatable bonds is 4. The van der Waals surface area contributed by atoms with Gasteiger partial charge in [-0.15, -0.1) is 0 Å². The number of H-pyrrole nitrogens is 1. The third kappa shape index (κ3) is 4.35. The molecule has 0 radical (unpaired) electrons. The van der Waals surface area contributed by atoms with Gasteiger partial charge in [0, 0.05) is 42.8 Å². The Kier molecular flexibility index (Phi) is 6.64. The summed E-state index contributed by atoms with van der Waals surface area (Å²) in [6.07, 6.45) is 1.49. The number of para-hydroxylation sites is 1. The molecular weight excluding hydrogens is 455 g/mol. The quantitative estimate of drug-likeness (QED) is 0.298. The van der Waals surface area contributed by atoms with Crippen molar-refractivity contribution in [3.63, 3.8) is 0 Å². The van der Waals surface area contributed by atoms with E-state index in [0.717, 1.165) is 35.0 Å². The van der Waals surface area contributed by atoms with Crippen LogP contribution in [-0.2, 0) is 30.2 Å². The fourth-order valence-corrected chi connectivity index (χ4v) is 5.72. The highest BCUT2D eigenvalue weighted by Gasteiger charge is 2.46. The summed E-state index contributed by atoms with van der Waals surface area (Å²) in [5.41, 5.74) is 2.89. The molecule has 0 bridgehead atoms. The second-order valence-corrected chi connectivity index (χ2v) is 9.37. The molecular formula is C25H31FN4O5. The third-order valence-corrected chi connectivity index (χ3v) is 7.42. The Balaban J connectivity index is 1.49. The molecule has 5 rings (SSSR count). The second-order valence-electron chi connectivity index (χ2n) is 9.37. The first-order valence-electron chi connectivity index (χ1n) is 12.2. The van der Waals surface area contributed by atoms with Crippen molar-refractivity contribution in [1.29, 1.82) is 5.41 Å². The lowest BCUT2D eigenvalue weighted by atomic mass is 9.81. The molecule has 0 saturated carbocycles. The Morgan fingerprint density at radius 2 is 2.00 bits per heavy atom. The molecule has 4 heterocycles. The van der Waals surface area contributed by atoms with Crippen LogP contribution in [0.5, 0.6) is 0 Å². The van der Waals surface area contributed by atoms with Crippen LogP contribution in [0.25, 0.3) is 10.9 Å². The smallest absolute Gasteiger partial charge is 0.328 e. The van der Waals surface area contributed by atoms with Gasteiger partial charge in [0.05, 0.1) is 13.2 Å². The van der Waals surface area contributed by atoms with Crippen LogP contribution in [0.2, 0.25) is 0 Å². The summed E-state index contributed by atoms with van der Waals surface area (Å²) in [5, 5.41) is 9.14. The summed E-state index contributed by atoms with van der Waals surface area (Å²) in [5.74, 6) is -0.856. The summed E-state index contributed by atoms with van der Waals surface area (Å²) in [6, 6.07) is 6.33. The number of hydrogen-bond donors (Lipinski definition) is 2. The molecule has 3 atom stereocenters. The number of fused-ring (bicyclic) bond motifs is 3. The number of amidine groups is 1. The number of likely N-dealkylation sites (tertiary alicyclic amines) is 1. The number of benzene rings is 1. The molecule has 2 saturated heterocycles. The zero-order valence-electron chi connectivity index (χ0n) is 19.8. The van der Waals surface area contributed by atoms with Crippen molar-refractivity contribution < 1.29 is 28.2 Å². The van der Waals surface area contributed by atoms with Crippen molar-refractivity contribution in [3.05, 3.63) is 35.5 Å². The lowest BCUT2D eigenvalue weighted by molar-refractivity contribution is -0.159. The van der Waals surface area contributed by atoms with Gasteiger partial charge in [0.1, 0.15) is 6.04 Å². The minimum Gasteiger partial charge on any atom is -0.467 e. The predicted octanol–water partition coefficient (Wildman–Crippen LogP) is 2.90. The maximum Gasteiger partial charge on any atom is 0.328 e. The van der Waals surface area contributed by atoms with Gasteiger partial charge >= 0.3 is 5.97 Å². The van der Waals surface area contributed by atoms with E-state index in [1.807, 2.05) is 24.3 Å². The number of aromatic amines is 1. The summed E-state index contributed by atoms with van der Waals surface area (Å²) in [4.78, 5) is 32.9. The van der Waals surface area contributed by atoms with E-state index in [4.69, 9.17) is 19.6 Å². The number of amides is 1. The summed E-state index contributed by atoms with van der Waals surface area (Å²) < 4.78 is 30.2. The van der Waals surface area contributed by atoms with Crippen LogP contribution in [-0.4, -0.2) is 78.5 Å². The SMILES string of the molecule is COC(=O)[C@H]1Cc2c([nH]c3ccccc23)[C@H](C2CCOCC2)N1C(=O)COC(=N)N1CCC[C@@H]1F. The number of esters is 1. The van der Waals surface area contributed by atoms with Crippen molar-refractivity contribution in [1.82, 2.24) is 14.8 Å². The van der Waals surface area contributed by atoms with Crippen molar-refractivity contribution in [3.8, 4) is 0 Å². The lowest BCUT2D eigenvalue weighted by Crippen LogP contribution is -2.55. The molecule has 3 aliphatic rings. The van der Waals surface area contributed by atoms with Crippen LogP contribution in [0.15, 0.2) is 24.3 Å². The summed E-state index contributed by atoms with van der Waals surface area (Å²) in [6.45, 7) is 1.09. The molecule has 0 unspecified atom stereocenters. The van der Waals surface area contributed by atoms with Gasteiger partial charge in [-0.05, 0) is 43.2 Å². The van der Waals surface area contributed by atoms with Crippen LogP contribution in [0.3, 0.4) is 0 Å². The van der Waals surface area contributed by atoms with Gasteiger partial charge in [-0.3, -0.25) is 15.1 Å². The number of carbonyl (C=O) groups is 2. The monoisotopic (exact) mass is 486 g/mol. The number of hydrogen-bond acceptors (Lipinski definition) is 6. The highest BCUT2D eigenvalue weighted by atomic mass is 19.1. The number of nitrogens with zero attached hydrogens (tertiary/aromatic N) is 2. The number of halogens is 1. The Bertz CT molecular complexity index is 1110. The first kappa shape index (κ1) is 23.6. The molecule has 35 heavy (non-hydrogen) atoms. The van der Waals surface area contributed by atoms with E-state index < -0.39 is 36.9 Å². The van der Waals surface area contributed by atoms with Crippen LogP contribution in [0.1, 0.15) is 43.0 Å². The molecule has 2 N–H and O–H groups in total. The molecule has 0 aliphatic carbocycles. The molecule has 2 aromatic rings. The fraction of sp³-hybridized carbons (Fsp3) is 0.560. The van der Waals surface area contributed by atoms with Gasteiger partial charge in [-0.1, -0.05) is 18.2 Å². The molecule has 9 nitrogen and oxygen atoms in total. The van der Waals surface area contributed by atoms with E-state index >= 15 is 0 Å². The molecule has 1 aromatic carbocycles. The summed E-state index contributed by atoms with van der Waals surface area (Å²) >= 11 is 0. The van der Waals surface area contributed by atoms with E-state index in [1.165, 1.54) is 12.0 Å². The number of aromatic nitrogens is 1. The normalized spacial score (nSPS) is 24.9. The lowest BCUT2D eigenvalue weighted by Gasteiger charge is -2.45. The number of nitrogens with one attached hydrogen (secondary N) is 2. The van der Waals surface area contributed by atoms with E-state index in [1.54, 1.807) is 4.90 Å². The molecule has 0 spiro atoms. The van der Waals surface area contributed by atoms with Crippen molar-refractivity contribution in [2.45, 2.75) is 50.5 Å². The third-order valence-electron chi connectivity index (χ3n) is 7.42. The second kappa shape index (κ2) is 9.85. The number of methoxy groups -OCH3 is 1. The molecule has 10 heteroatoms. The van der Waals surface area contributed by atoms with E-state index in [0.29, 0.717) is 39.0 Å². The van der Waals surface area contributed by atoms with Gasteiger partial charge < -0.3 is 24.1 Å². The van der Waals surface area contributed by atoms with Gasteiger partial charge in [0.25, 0.3) is 11.9 Å². The van der Waals surface area contributed by atoms with Crippen LogP contribution in [0, 0.1) is 11.3 Å². The van der Waals surface area contributed by atoms with Crippen LogP contribution in [0.4, 0.5) is 4.39 Å². The highest BCUT2D eigenvalue weighted by molar-refractivity contribution is 5.91.